The van der Waals surface area contributed by atoms with Gasteiger partial charge in [-0.2, -0.15) is 0 Å². The lowest BCUT2D eigenvalue weighted by molar-refractivity contribution is -0.384. The molecule has 2 aromatic carbocycles. The first-order valence-electron chi connectivity index (χ1n) is 8.36. The van der Waals surface area contributed by atoms with Crippen molar-refractivity contribution in [2.75, 3.05) is 19.5 Å². The fourth-order valence-corrected chi connectivity index (χ4v) is 2.67. The van der Waals surface area contributed by atoms with Gasteiger partial charge in [0.1, 0.15) is 11.5 Å². The van der Waals surface area contributed by atoms with Crippen LogP contribution in [-0.2, 0) is 4.74 Å². The monoisotopic (exact) mass is 396 g/mol. The van der Waals surface area contributed by atoms with Crippen molar-refractivity contribution in [1.82, 2.24) is 0 Å². The highest BCUT2D eigenvalue weighted by molar-refractivity contribution is 6.06. The summed E-state index contributed by atoms with van der Waals surface area (Å²) in [4.78, 5) is 35.2. The smallest absolute Gasteiger partial charge is 0.339 e. The standard InChI is InChI=1S/C20H16N2O7/c1-27-12-7-8-14(16(11-12)22(25)26)17-9-10-18(29-17)19(23)21-15-6-4-3-5-13(15)20(24)28-2/h3-11H,1-2H3,(H,21,23). The van der Waals surface area contributed by atoms with E-state index in [4.69, 9.17) is 13.9 Å². The van der Waals surface area contributed by atoms with E-state index in [9.17, 15) is 19.7 Å². The molecule has 0 aliphatic rings. The Balaban J connectivity index is 1.89. The van der Waals surface area contributed by atoms with Crippen molar-refractivity contribution in [1.29, 1.82) is 0 Å². The Bertz CT molecular complexity index is 1090. The van der Waals surface area contributed by atoms with E-state index < -0.39 is 16.8 Å². The zero-order valence-electron chi connectivity index (χ0n) is 15.5. The van der Waals surface area contributed by atoms with E-state index in [1.54, 1.807) is 24.3 Å². The Morgan fingerprint density at radius 3 is 2.52 bits per heavy atom. The average molecular weight is 396 g/mol. The Hall–Kier alpha value is -4.14. The highest BCUT2D eigenvalue weighted by Gasteiger charge is 2.22. The molecule has 1 heterocycles. The number of ether oxygens (including phenoxy) is 2. The zero-order chi connectivity index (χ0) is 21.0. The molecule has 1 amide bonds. The third-order valence-electron chi connectivity index (χ3n) is 4.08. The lowest BCUT2D eigenvalue weighted by atomic mass is 10.1. The maximum absolute atomic E-state index is 12.5. The fourth-order valence-electron chi connectivity index (χ4n) is 2.67. The minimum atomic E-state index is -0.622. The topological polar surface area (TPSA) is 121 Å². The van der Waals surface area contributed by atoms with Gasteiger partial charge in [0.05, 0.1) is 42.0 Å². The van der Waals surface area contributed by atoms with Crippen molar-refractivity contribution < 1.29 is 28.4 Å². The third kappa shape index (κ3) is 4.08. The quantitative estimate of drug-likeness (QED) is 0.381. The van der Waals surface area contributed by atoms with Crippen LogP contribution < -0.4 is 10.1 Å². The lowest BCUT2D eigenvalue weighted by Gasteiger charge is -2.08. The van der Waals surface area contributed by atoms with E-state index in [0.29, 0.717) is 5.75 Å². The summed E-state index contributed by atoms with van der Waals surface area (Å²) in [6, 6.07) is 13.5. The molecule has 0 saturated heterocycles. The summed E-state index contributed by atoms with van der Waals surface area (Å²) >= 11 is 0. The number of hydrogen-bond acceptors (Lipinski definition) is 7. The molecule has 9 heteroatoms. The average Bonchev–Trinajstić information content (AvgIpc) is 3.23. The molecular weight excluding hydrogens is 380 g/mol. The number of nitro groups is 1. The van der Waals surface area contributed by atoms with E-state index in [2.05, 4.69) is 5.32 Å². The first-order chi connectivity index (χ1) is 13.9. The molecule has 29 heavy (non-hydrogen) atoms. The number of rotatable bonds is 6. The number of methoxy groups -OCH3 is 2. The highest BCUT2D eigenvalue weighted by Crippen LogP contribution is 2.34. The van der Waals surface area contributed by atoms with E-state index in [-0.39, 0.29) is 34.0 Å². The maximum atomic E-state index is 12.5. The zero-order valence-corrected chi connectivity index (χ0v) is 15.5. The van der Waals surface area contributed by atoms with Crippen LogP contribution in [0.4, 0.5) is 11.4 Å². The van der Waals surface area contributed by atoms with Crippen LogP contribution in [0.3, 0.4) is 0 Å². The van der Waals surface area contributed by atoms with Gasteiger partial charge < -0.3 is 19.2 Å². The van der Waals surface area contributed by atoms with E-state index in [1.165, 1.54) is 44.6 Å². The van der Waals surface area contributed by atoms with Gasteiger partial charge in [0.2, 0.25) is 0 Å². The van der Waals surface area contributed by atoms with Gasteiger partial charge in [0.25, 0.3) is 11.6 Å². The number of anilines is 1. The largest absolute Gasteiger partial charge is 0.497 e. The van der Waals surface area contributed by atoms with E-state index >= 15 is 0 Å². The SMILES string of the molecule is COC(=O)c1ccccc1NC(=O)c1ccc(-c2ccc(OC)cc2[N+](=O)[O-])o1. The van der Waals surface area contributed by atoms with Crippen LogP contribution in [0.1, 0.15) is 20.9 Å². The summed E-state index contributed by atoms with van der Waals surface area (Å²) in [5.41, 5.74) is 0.408. The van der Waals surface area contributed by atoms with Gasteiger partial charge in [-0.15, -0.1) is 0 Å². The summed E-state index contributed by atoms with van der Waals surface area (Å²) < 4.78 is 15.2. The number of benzene rings is 2. The predicted molar refractivity (Wildman–Crippen MR) is 103 cm³/mol. The Labute approximate surface area is 165 Å². The van der Waals surface area contributed by atoms with Crippen molar-refractivity contribution in [3.8, 4) is 17.1 Å². The van der Waals surface area contributed by atoms with Crippen molar-refractivity contribution in [2.24, 2.45) is 0 Å². The summed E-state index contributed by atoms with van der Waals surface area (Å²) in [6.45, 7) is 0. The molecule has 148 valence electrons. The minimum absolute atomic E-state index is 0.0789. The normalized spacial score (nSPS) is 10.3. The van der Waals surface area contributed by atoms with Crippen molar-refractivity contribution in [3.05, 3.63) is 76.0 Å². The molecule has 1 N–H and O–H groups in total. The van der Waals surface area contributed by atoms with Crippen LogP contribution in [0.15, 0.2) is 59.0 Å². The van der Waals surface area contributed by atoms with Gasteiger partial charge >= 0.3 is 5.97 Å². The molecule has 0 saturated carbocycles. The number of nitrogens with zero attached hydrogens (tertiary/aromatic N) is 1. The first kappa shape index (κ1) is 19.6. The second kappa shape index (κ2) is 8.26. The van der Waals surface area contributed by atoms with Gasteiger partial charge in [-0.25, -0.2) is 4.79 Å². The number of nitrogens with one attached hydrogen (secondary N) is 1. The van der Waals surface area contributed by atoms with Gasteiger partial charge in [-0.1, -0.05) is 12.1 Å². The van der Waals surface area contributed by atoms with Crippen LogP contribution in [-0.4, -0.2) is 31.0 Å². The Kier molecular flexibility index (Phi) is 5.59. The number of para-hydroxylation sites is 1. The van der Waals surface area contributed by atoms with Gasteiger partial charge in [0.15, 0.2) is 5.76 Å². The molecule has 0 bridgehead atoms. The number of furan rings is 1. The molecule has 0 unspecified atom stereocenters. The molecule has 3 rings (SSSR count). The molecule has 9 nitrogen and oxygen atoms in total. The van der Waals surface area contributed by atoms with Crippen molar-refractivity contribution >= 4 is 23.3 Å². The highest BCUT2D eigenvalue weighted by atomic mass is 16.6. The molecule has 0 radical (unpaired) electrons. The molecule has 1 aromatic heterocycles. The Morgan fingerprint density at radius 1 is 1.07 bits per heavy atom. The minimum Gasteiger partial charge on any atom is -0.497 e. The van der Waals surface area contributed by atoms with Crippen LogP contribution in [0, 0.1) is 10.1 Å². The lowest BCUT2D eigenvalue weighted by Crippen LogP contribution is -2.14. The number of amides is 1. The van der Waals surface area contributed by atoms with Crippen LogP contribution in [0.2, 0.25) is 0 Å². The second-order valence-corrected chi connectivity index (χ2v) is 5.80. The molecular formula is C20H16N2O7. The number of carbonyl (C=O) groups is 2. The van der Waals surface area contributed by atoms with E-state index in [1.807, 2.05) is 0 Å². The molecule has 0 aliphatic heterocycles. The van der Waals surface area contributed by atoms with Crippen LogP contribution in [0.5, 0.6) is 5.75 Å². The molecule has 0 spiro atoms. The molecule has 0 atom stereocenters. The second-order valence-electron chi connectivity index (χ2n) is 5.80. The van der Waals surface area contributed by atoms with Crippen LogP contribution >= 0.6 is 0 Å². The number of esters is 1. The van der Waals surface area contributed by atoms with Crippen LogP contribution in [0.25, 0.3) is 11.3 Å². The van der Waals surface area contributed by atoms with Crippen molar-refractivity contribution in [2.45, 2.75) is 0 Å². The predicted octanol–water partition coefficient (Wildman–Crippen LogP) is 3.90. The maximum Gasteiger partial charge on any atom is 0.339 e. The summed E-state index contributed by atoms with van der Waals surface area (Å²) in [7, 11) is 2.64. The summed E-state index contributed by atoms with van der Waals surface area (Å²) in [5, 5.41) is 13.9. The van der Waals surface area contributed by atoms with Crippen molar-refractivity contribution in [3.63, 3.8) is 0 Å². The molecule has 3 aromatic rings. The number of carbonyl (C=O) groups excluding carboxylic acids is 2. The van der Waals surface area contributed by atoms with Gasteiger partial charge in [-0.3, -0.25) is 14.9 Å². The van der Waals surface area contributed by atoms with E-state index in [0.717, 1.165) is 0 Å². The fraction of sp³-hybridized carbons (Fsp3) is 0.100. The van der Waals surface area contributed by atoms with Gasteiger partial charge in [-0.05, 0) is 36.4 Å². The van der Waals surface area contributed by atoms with Gasteiger partial charge in [0, 0.05) is 0 Å². The third-order valence-corrected chi connectivity index (χ3v) is 4.08. The number of hydrogen-bond donors (Lipinski definition) is 1. The summed E-state index contributed by atoms with van der Waals surface area (Å²) in [6.07, 6.45) is 0. The Morgan fingerprint density at radius 2 is 1.83 bits per heavy atom. The first-order valence-corrected chi connectivity index (χ1v) is 8.36. The number of nitro benzene ring substituents is 1. The summed E-state index contributed by atoms with van der Waals surface area (Å²) in [5.74, 6) is -0.835. The molecule has 0 aliphatic carbocycles. The molecule has 0 fully saturated rings.